The van der Waals surface area contributed by atoms with E-state index in [0.29, 0.717) is 12.6 Å². The zero-order chi connectivity index (χ0) is 13.8. The highest BCUT2D eigenvalue weighted by molar-refractivity contribution is 5.75. The van der Waals surface area contributed by atoms with Crippen molar-refractivity contribution in [2.75, 3.05) is 20.3 Å². The number of aliphatic hydroxyl groups is 1. The van der Waals surface area contributed by atoms with Crippen LogP contribution in [0.25, 0.3) is 0 Å². The molecule has 5 nitrogen and oxygen atoms in total. The summed E-state index contributed by atoms with van der Waals surface area (Å²) in [5.74, 6) is 0. The number of aliphatic hydroxyl groups excluding tert-OH is 1. The number of nitrogens with one attached hydrogen (secondary N) is 1. The molecular formula is C13H26N2O3. The van der Waals surface area contributed by atoms with Gasteiger partial charge in [-0.15, -0.1) is 0 Å². The number of nitrogens with zero attached hydrogens (tertiary/aromatic N) is 1. The van der Waals surface area contributed by atoms with Crippen LogP contribution < -0.4 is 5.32 Å². The van der Waals surface area contributed by atoms with Crippen molar-refractivity contribution in [3.05, 3.63) is 0 Å². The molecular weight excluding hydrogens is 232 g/mol. The molecule has 0 bridgehead atoms. The van der Waals surface area contributed by atoms with Crippen molar-refractivity contribution in [3.63, 3.8) is 0 Å². The molecule has 5 heteroatoms. The van der Waals surface area contributed by atoms with Gasteiger partial charge in [-0.3, -0.25) is 0 Å². The molecule has 2 amide bonds. The van der Waals surface area contributed by atoms with E-state index in [2.05, 4.69) is 5.32 Å². The molecule has 1 unspecified atom stereocenters. The molecule has 1 saturated carbocycles. The number of carbonyl (C=O) groups excluding carboxylic acids is 1. The summed E-state index contributed by atoms with van der Waals surface area (Å²) in [5.41, 5.74) is -0.242. The van der Waals surface area contributed by atoms with E-state index >= 15 is 0 Å². The maximum Gasteiger partial charge on any atom is 0.317 e. The van der Waals surface area contributed by atoms with E-state index in [0.717, 1.165) is 19.3 Å². The van der Waals surface area contributed by atoms with Crippen molar-refractivity contribution < 1.29 is 14.6 Å². The van der Waals surface area contributed by atoms with Gasteiger partial charge in [-0.1, -0.05) is 0 Å². The molecule has 0 aromatic heterocycles. The van der Waals surface area contributed by atoms with Crippen LogP contribution in [0.15, 0.2) is 0 Å². The summed E-state index contributed by atoms with van der Waals surface area (Å²) in [6, 6.07) is 0.290. The summed E-state index contributed by atoms with van der Waals surface area (Å²) in [6.45, 7) is 6.41. The highest BCUT2D eigenvalue weighted by Crippen LogP contribution is 2.26. The Morgan fingerprint density at radius 2 is 2.17 bits per heavy atom. The quantitative estimate of drug-likeness (QED) is 0.724. The number of amides is 2. The molecule has 1 atom stereocenters. The lowest BCUT2D eigenvalue weighted by molar-refractivity contribution is 0.00906. The highest BCUT2D eigenvalue weighted by atomic mass is 16.5. The Hall–Kier alpha value is -0.810. The van der Waals surface area contributed by atoms with Gasteiger partial charge in [-0.25, -0.2) is 4.79 Å². The molecule has 18 heavy (non-hydrogen) atoms. The van der Waals surface area contributed by atoms with Crippen LogP contribution in [0.5, 0.6) is 0 Å². The third-order valence-electron chi connectivity index (χ3n) is 3.31. The summed E-state index contributed by atoms with van der Waals surface area (Å²) in [5, 5.41) is 12.0. The second-order valence-electron chi connectivity index (χ2n) is 5.67. The zero-order valence-corrected chi connectivity index (χ0v) is 11.9. The van der Waals surface area contributed by atoms with Crippen molar-refractivity contribution in [1.29, 1.82) is 0 Å². The standard InChI is InChI=1S/C13H26N2O3/c1-10(9-13(2,3)18-4)14-12(17)15(7-8-16)11-5-6-11/h10-11,16H,5-9H2,1-4H3,(H,14,17). The SMILES string of the molecule is COC(C)(C)CC(C)NC(=O)N(CCO)C1CC1. The van der Waals surface area contributed by atoms with E-state index in [-0.39, 0.29) is 24.3 Å². The summed E-state index contributed by atoms with van der Waals surface area (Å²) in [7, 11) is 1.68. The average molecular weight is 258 g/mol. The summed E-state index contributed by atoms with van der Waals surface area (Å²) in [6.07, 6.45) is 2.85. The molecule has 0 aliphatic heterocycles. The molecule has 1 rings (SSSR count). The Balaban J connectivity index is 2.42. The zero-order valence-electron chi connectivity index (χ0n) is 11.9. The first kappa shape index (κ1) is 15.2. The predicted octanol–water partition coefficient (Wildman–Crippen LogP) is 1.36. The van der Waals surface area contributed by atoms with E-state index in [1.54, 1.807) is 12.0 Å². The smallest absolute Gasteiger partial charge is 0.317 e. The van der Waals surface area contributed by atoms with E-state index in [1.165, 1.54) is 0 Å². The van der Waals surface area contributed by atoms with E-state index in [1.807, 2.05) is 20.8 Å². The largest absolute Gasteiger partial charge is 0.395 e. The maximum atomic E-state index is 12.1. The lowest BCUT2D eigenvalue weighted by Gasteiger charge is -2.29. The van der Waals surface area contributed by atoms with Crippen LogP contribution in [0.4, 0.5) is 4.79 Å². The van der Waals surface area contributed by atoms with Gasteiger partial charge in [0.15, 0.2) is 0 Å². The van der Waals surface area contributed by atoms with Crippen molar-refractivity contribution in [2.45, 2.75) is 57.7 Å². The van der Waals surface area contributed by atoms with Gasteiger partial charge < -0.3 is 20.1 Å². The number of hydrogen-bond acceptors (Lipinski definition) is 3. The highest BCUT2D eigenvalue weighted by Gasteiger charge is 2.33. The third kappa shape index (κ3) is 4.82. The van der Waals surface area contributed by atoms with E-state index in [9.17, 15) is 4.79 Å². The van der Waals surface area contributed by atoms with Gasteiger partial charge in [0.1, 0.15) is 0 Å². The van der Waals surface area contributed by atoms with Crippen LogP contribution in [0.2, 0.25) is 0 Å². The lowest BCUT2D eigenvalue weighted by atomic mass is 10.00. The maximum absolute atomic E-state index is 12.1. The van der Waals surface area contributed by atoms with Gasteiger partial charge in [0.05, 0.1) is 12.2 Å². The van der Waals surface area contributed by atoms with Crippen molar-refractivity contribution in [3.8, 4) is 0 Å². The van der Waals surface area contributed by atoms with Crippen LogP contribution in [0.3, 0.4) is 0 Å². The first-order valence-electron chi connectivity index (χ1n) is 6.63. The fourth-order valence-corrected chi connectivity index (χ4v) is 2.11. The second kappa shape index (κ2) is 6.38. The minimum absolute atomic E-state index is 0.0157. The summed E-state index contributed by atoms with van der Waals surface area (Å²) < 4.78 is 5.35. The molecule has 0 saturated heterocycles. The molecule has 1 aliphatic carbocycles. The monoisotopic (exact) mass is 258 g/mol. The van der Waals surface area contributed by atoms with Crippen molar-refractivity contribution >= 4 is 6.03 Å². The normalized spacial score (nSPS) is 17.4. The van der Waals surface area contributed by atoms with Gasteiger partial charge in [0, 0.05) is 25.7 Å². The van der Waals surface area contributed by atoms with Gasteiger partial charge in [0.2, 0.25) is 0 Å². The third-order valence-corrected chi connectivity index (χ3v) is 3.31. The molecule has 0 aromatic rings. The number of hydrogen-bond donors (Lipinski definition) is 2. The number of carbonyl (C=O) groups is 1. The first-order valence-corrected chi connectivity index (χ1v) is 6.63. The molecule has 2 N–H and O–H groups in total. The molecule has 106 valence electrons. The van der Waals surface area contributed by atoms with Crippen LogP contribution in [-0.4, -0.2) is 54.0 Å². The van der Waals surface area contributed by atoms with Crippen LogP contribution in [-0.2, 0) is 4.74 Å². The van der Waals surface area contributed by atoms with E-state index in [4.69, 9.17) is 9.84 Å². The summed E-state index contributed by atoms with van der Waals surface area (Å²) >= 11 is 0. The number of methoxy groups -OCH3 is 1. The topological polar surface area (TPSA) is 61.8 Å². The molecule has 1 aliphatic rings. The van der Waals surface area contributed by atoms with Crippen LogP contribution in [0, 0.1) is 0 Å². The van der Waals surface area contributed by atoms with E-state index < -0.39 is 0 Å². The Bertz CT molecular complexity index is 277. The predicted molar refractivity (Wildman–Crippen MR) is 70.5 cm³/mol. The van der Waals surface area contributed by atoms with Crippen molar-refractivity contribution in [2.24, 2.45) is 0 Å². The Morgan fingerprint density at radius 1 is 1.56 bits per heavy atom. The molecule has 0 spiro atoms. The first-order chi connectivity index (χ1) is 8.39. The second-order valence-corrected chi connectivity index (χ2v) is 5.67. The average Bonchev–Trinajstić information content (AvgIpc) is 3.08. The summed E-state index contributed by atoms with van der Waals surface area (Å²) in [4.78, 5) is 13.8. The van der Waals surface area contributed by atoms with Gasteiger partial charge in [0.25, 0.3) is 0 Å². The van der Waals surface area contributed by atoms with Crippen LogP contribution in [0.1, 0.15) is 40.0 Å². The Morgan fingerprint density at radius 3 is 2.61 bits per heavy atom. The van der Waals surface area contributed by atoms with Gasteiger partial charge in [-0.05, 0) is 40.0 Å². The fraction of sp³-hybridized carbons (Fsp3) is 0.923. The van der Waals surface area contributed by atoms with Gasteiger partial charge >= 0.3 is 6.03 Å². The van der Waals surface area contributed by atoms with Crippen molar-refractivity contribution in [1.82, 2.24) is 10.2 Å². The molecule has 0 aromatic carbocycles. The fourth-order valence-electron chi connectivity index (χ4n) is 2.11. The number of rotatable bonds is 7. The minimum Gasteiger partial charge on any atom is -0.395 e. The molecule has 0 heterocycles. The number of ether oxygens (including phenoxy) is 1. The minimum atomic E-state index is -0.242. The Kier molecular flexibility index (Phi) is 5.41. The molecule has 1 fully saturated rings. The Labute approximate surface area is 109 Å². The van der Waals surface area contributed by atoms with Crippen LogP contribution >= 0.6 is 0 Å². The molecule has 0 radical (unpaired) electrons. The van der Waals surface area contributed by atoms with Gasteiger partial charge in [-0.2, -0.15) is 0 Å². The lowest BCUT2D eigenvalue weighted by Crippen LogP contribution is -2.47. The number of urea groups is 1.